The Labute approximate surface area is 195 Å². The lowest BCUT2D eigenvalue weighted by Crippen LogP contribution is -2.38. The Morgan fingerprint density at radius 2 is 1.84 bits per heavy atom. The number of amides is 2. The molecule has 0 aliphatic carbocycles. The molecule has 1 aliphatic heterocycles. The van der Waals surface area contributed by atoms with Gasteiger partial charge in [0.15, 0.2) is 0 Å². The molecule has 3 heterocycles. The van der Waals surface area contributed by atoms with E-state index in [4.69, 9.17) is 11.6 Å². The van der Waals surface area contributed by atoms with Gasteiger partial charge in [-0.3, -0.25) is 9.59 Å². The van der Waals surface area contributed by atoms with Crippen LogP contribution in [-0.2, 0) is 0 Å². The number of aromatic nitrogens is 1. The van der Waals surface area contributed by atoms with Crippen molar-refractivity contribution in [2.75, 3.05) is 18.4 Å². The summed E-state index contributed by atoms with van der Waals surface area (Å²) in [5, 5.41) is 6.29. The predicted molar refractivity (Wildman–Crippen MR) is 130 cm³/mol. The van der Waals surface area contributed by atoms with Gasteiger partial charge in [-0.1, -0.05) is 35.9 Å². The number of para-hydroxylation sites is 1. The van der Waals surface area contributed by atoms with Crippen LogP contribution >= 0.6 is 22.9 Å². The van der Waals surface area contributed by atoms with E-state index in [1.54, 1.807) is 24.3 Å². The van der Waals surface area contributed by atoms with Crippen molar-refractivity contribution >= 4 is 51.3 Å². The molecule has 2 amide bonds. The Bertz CT molecular complexity index is 1240. The van der Waals surface area contributed by atoms with Crippen LogP contribution in [0.4, 0.5) is 5.69 Å². The topological polar surface area (TPSA) is 65.2 Å². The van der Waals surface area contributed by atoms with E-state index in [0.717, 1.165) is 18.4 Å². The monoisotopic (exact) mass is 463 g/mol. The largest absolute Gasteiger partial charge is 0.358 e. The van der Waals surface area contributed by atoms with Crippen molar-refractivity contribution in [1.29, 1.82) is 0 Å². The summed E-state index contributed by atoms with van der Waals surface area (Å²) in [5.41, 5.74) is 3.37. The average Bonchev–Trinajstić information content (AvgIpc) is 3.50. The molecule has 4 aromatic rings. The van der Waals surface area contributed by atoms with Gasteiger partial charge < -0.3 is 15.2 Å². The lowest BCUT2D eigenvalue weighted by molar-refractivity contribution is 0.0712. The molecule has 1 fully saturated rings. The molecule has 1 aliphatic rings. The number of halogens is 1. The van der Waals surface area contributed by atoms with Gasteiger partial charge in [0.05, 0.1) is 15.6 Å². The Kier molecular flexibility index (Phi) is 5.72. The van der Waals surface area contributed by atoms with Crippen LogP contribution < -0.4 is 5.32 Å². The van der Waals surface area contributed by atoms with Crippen LogP contribution in [0, 0.1) is 0 Å². The number of thiophene rings is 1. The number of likely N-dealkylation sites (tertiary alicyclic amines) is 1. The first-order chi connectivity index (χ1) is 15.6. The van der Waals surface area contributed by atoms with Crippen LogP contribution in [0.15, 0.2) is 66.0 Å². The van der Waals surface area contributed by atoms with Gasteiger partial charge in [-0.2, -0.15) is 0 Å². The van der Waals surface area contributed by atoms with Crippen LogP contribution in [0.5, 0.6) is 0 Å². The number of H-pyrrole nitrogens is 1. The van der Waals surface area contributed by atoms with E-state index < -0.39 is 0 Å². The molecule has 32 heavy (non-hydrogen) atoms. The van der Waals surface area contributed by atoms with Crippen LogP contribution in [0.25, 0.3) is 10.9 Å². The molecule has 162 valence electrons. The molecule has 5 nitrogen and oxygen atoms in total. The zero-order valence-electron chi connectivity index (χ0n) is 17.3. The van der Waals surface area contributed by atoms with Gasteiger partial charge in [0.25, 0.3) is 11.8 Å². The standard InChI is InChI=1S/C25H22ClN3O2S/c26-19-8-7-18(15-22(19)28-24(30)23-6-3-13-32-23)25(31)29-11-9-16(10-12-29)21-14-17-4-1-2-5-20(17)27-21/h1-8,13-16,27H,9-12H2,(H,28,30). The molecule has 5 rings (SSSR count). The first-order valence-electron chi connectivity index (χ1n) is 10.6. The number of fused-ring (bicyclic) bond motifs is 1. The maximum Gasteiger partial charge on any atom is 0.265 e. The summed E-state index contributed by atoms with van der Waals surface area (Å²) in [6.07, 6.45) is 1.82. The highest BCUT2D eigenvalue weighted by atomic mass is 35.5. The van der Waals surface area contributed by atoms with E-state index >= 15 is 0 Å². The highest BCUT2D eigenvalue weighted by Gasteiger charge is 2.26. The quantitative estimate of drug-likeness (QED) is 0.381. The van der Waals surface area contributed by atoms with Gasteiger partial charge in [-0.25, -0.2) is 0 Å². The van der Waals surface area contributed by atoms with Gasteiger partial charge >= 0.3 is 0 Å². The fraction of sp³-hybridized carbons (Fsp3) is 0.200. The third-order valence-electron chi connectivity index (χ3n) is 5.98. The van der Waals surface area contributed by atoms with Gasteiger partial charge in [-0.15, -0.1) is 11.3 Å². The summed E-state index contributed by atoms with van der Waals surface area (Å²) >= 11 is 7.63. The van der Waals surface area contributed by atoms with E-state index in [0.29, 0.717) is 40.2 Å². The Morgan fingerprint density at radius 3 is 2.59 bits per heavy atom. The minimum Gasteiger partial charge on any atom is -0.358 e. The molecule has 0 unspecified atom stereocenters. The van der Waals surface area contributed by atoms with Crippen LogP contribution in [-0.4, -0.2) is 34.8 Å². The number of nitrogens with one attached hydrogen (secondary N) is 2. The highest BCUT2D eigenvalue weighted by Crippen LogP contribution is 2.31. The Hall–Kier alpha value is -3.09. The van der Waals surface area contributed by atoms with E-state index in [2.05, 4.69) is 28.5 Å². The highest BCUT2D eigenvalue weighted by molar-refractivity contribution is 7.12. The second-order valence-electron chi connectivity index (χ2n) is 8.00. The molecule has 0 saturated carbocycles. The van der Waals surface area contributed by atoms with Crippen molar-refractivity contribution in [3.8, 4) is 0 Å². The lowest BCUT2D eigenvalue weighted by atomic mass is 9.93. The molecule has 2 aromatic heterocycles. The minimum absolute atomic E-state index is 0.0385. The number of carbonyl (C=O) groups excluding carboxylic acids is 2. The number of hydrogen-bond donors (Lipinski definition) is 2. The van der Waals surface area contributed by atoms with Crippen molar-refractivity contribution in [1.82, 2.24) is 9.88 Å². The van der Waals surface area contributed by atoms with E-state index in [1.807, 2.05) is 28.5 Å². The second kappa shape index (κ2) is 8.81. The molecule has 7 heteroatoms. The van der Waals surface area contributed by atoms with Crippen molar-refractivity contribution in [2.24, 2.45) is 0 Å². The van der Waals surface area contributed by atoms with Gasteiger partial charge in [0.2, 0.25) is 0 Å². The summed E-state index contributed by atoms with van der Waals surface area (Å²) in [6.45, 7) is 1.39. The zero-order chi connectivity index (χ0) is 22.1. The normalized spacial score (nSPS) is 14.6. The SMILES string of the molecule is O=C(Nc1cc(C(=O)N2CCC(c3cc4ccccc4[nH]3)CC2)ccc1Cl)c1cccs1. The Balaban J connectivity index is 1.26. The molecule has 0 atom stereocenters. The summed E-state index contributed by atoms with van der Waals surface area (Å²) in [5.74, 6) is 0.145. The third kappa shape index (κ3) is 4.16. The fourth-order valence-corrected chi connectivity index (χ4v) is 5.02. The Morgan fingerprint density at radius 1 is 1.03 bits per heavy atom. The third-order valence-corrected chi connectivity index (χ3v) is 7.18. The van der Waals surface area contributed by atoms with Gasteiger partial charge in [0.1, 0.15) is 0 Å². The summed E-state index contributed by atoms with van der Waals surface area (Å²) in [6, 6.07) is 19.1. The number of aromatic amines is 1. The molecule has 0 spiro atoms. The van der Waals surface area contributed by atoms with Crippen molar-refractivity contribution in [3.63, 3.8) is 0 Å². The first kappa shape index (κ1) is 20.8. The van der Waals surface area contributed by atoms with Gasteiger partial charge in [0, 0.05) is 35.8 Å². The number of hydrogen-bond acceptors (Lipinski definition) is 3. The maximum atomic E-state index is 13.1. The first-order valence-corrected chi connectivity index (χ1v) is 11.9. The smallest absolute Gasteiger partial charge is 0.265 e. The van der Waals surface area contributed by atoms with Crippen molar-refractivity contribution < 1.29 is 9.59 Å². The molecule has 1 saturated heterocycles. The minimum atomic E-state index is -0.231. The number of nitrogens with zero attached hydrogens (tertiary/aromatic N) is 1. The number of rotatable bonds is 4. The molecular formula is C25H22ClN3O2S. The number of benzene rings is 2. The summed E-state index contributed by atoms with van der Waals surface area (Å²) in [7, 11) is 0. The van der Waals surface area contributed by atoms with Gasteiger partial charge in [-0.05, 0) is 60.0 Å². The van der Waals surface area contributed by atoms with Crippen LogP contribution in [0.1, 0.15) is 44.5 Å². The van der Waals surface area contributed by atoms with Crippen molar-refractivity contribution in [3.05, 3.63) is 87.2 Å². The molecule has 2 aromatic carbocycles. The van der Waals surface area contributed by atoms with Crippen LogP contribution in [0.2, 0.25) is 5.02 Å². The van der Waals surface area contributed by atoms with Crippen LogP contribution in [0.3, 0.4) is 0 Å². The molecular weight excluding hydrogens is 442 g/mol. The lowest BCUT2D eigenvalue weighted by Gasteiger charge is -2.32. The van der Waals surface area contributed by atoms with Crippen molar-refractivity contribution in [2.45, 2.75) is 18.8 Å². The molecule has 0 bridgehead atoms. The molecule has 0 radical (unpaired) electrons. The molecule has 2 N–H and O–H groups in total. The number of anilines is 1. The maximum absolute atomic E-state index is 13.1. The number of carbonyl (C=O) groups is 2. The zero-order valence-corrected chi connectivity index (χ0v) is 18.9. The van der Waals surface area contributed by atoms with E-state index in [1.165, 1.54) is 22.4 Å². The van der Waals surface area contributed by atoms with E-state index in [-0.39, 0.29) is 11.8 Å². The average molecular weight is 464 g/mol. The predicted octanol–water partition coefficient (Wildman–Crippen LogP) is 6.15. The number of piperidine rings is 1. The van der Waals surface area contributed by atoms with E-state index in [9.17, 15) is 9.59 Å². The fourth-order valence-electron chi connectivity index (χ4n) is 4.24. The second-order valence-corrected chi connectivity index (χ2v) is 9.36. The summed E-state index contributed by atoms with van der Waals surface area (Å²) in [4.78, 5) is 31.5. The summed E-state index contributed by atoms with van der Waals surface area (Å²) < 4.78 is 0.